The van der Waals surface area contributed by atoms with Gasteiger partial charge < -0.3 is 24.3 Å². The lowest BCUT2D eigenvalue weighted by molar-refractivity contribution is -0.139. The van der Waals surface area contributed by atoms with Gasteiger partial charge in [-0.3, -0.25) is 4.90 Å². The first kappa shape index (κ1) is 48.6. The van der Waals surface area contributed by atoms with Crippen molar-refractivity contribution >= 4 is 28.3 Å². The van der Waals surface area contributed by atoms with Gasteiger partial charge in [0.25, 0.3) is 0 Å². The number of nitrogens with zero attached hydrogens (tertiary/aromatic N) is 1. The van der Waals surface area contributed by atoms with Gasteiger partial charge in [0.2, 0.25) is 0 Å². The summed E-state index contributed by atoms with van der Waals surface area (Å²) in [4.78, 5) is 2.11. The van der Waals surface area contributed by atoms with E-state index in [1.54, 1.807) is 0 Å². The van der Waals surface area contributed by atoms with E-state index in [4.69, 9.17) is 18.9 Å². The Morgan fingerprint density at radius 3 is 1.45 bits per heavy atom. The Labute approximate surface area is 348 Å². The van der Waals surface area contributed by atoms with Gasteiger partial charge in [0.05, 0.1) is 17.7 Å². The van der Waals surface area contributed by atoms with E-state index >= 15 is 0 Å². The fourth-order valence-electron chi connectivity index (χ4n) is 6.09. The lowest BCUT2D eigenvalue weighted by atomic mass is 9.93. The number of likely N-dealkylation sites (tertiary alicyclic amines) is 1. The fourth-order valence-corrected chi connectivity index (χ4v) is 6.25. The number of ether oxygens (including phenoxy) is 4. The zero-order valence-electron chi connectivity index (χ0n) is 32.1. The highest BCUT2D eigenvalue weighted by Crippen LogP contribution is 2.38. The Bertz CT molecular complexity index is 1790. The molecule has 4 aromatic rings. The third-order valence-electron chi connectivity index (χ3n) is 9.29. The van der Waals surface area contributed by atoms with Crippen molar-refractivity contribution in [1.82, 2.24) is 10.2 Å². The molecule has 2 aliphatic heterocycles. The largest absolute Gasteiger partial charge is 0.492 e. The molecule has 0 radical (unpaired) electrons. The Kier molecular flexibility index (Phi) is 18.9. The zero-order chi connectivity index (χ0) is 41.5. The van der Waals surface area contributed by atoms with Crippen LogP contribution in [0, 0.1) is 11.6 Å². The van der Waals surface area contributed by atoms with Crippen molar-refractivity contribution in [2.75, 3.05) is 51.3 Å². The van der Waals surface area contributed by atoms with Gasteiger partial charge in [0.15, 0.2) is 0 Å². The van der Waals surface area contributed by atoms with Crippen LogP contribution in [-0.2, 0) is 12.4 Å². The molecular weight excluding hydrogens is 864 g/mol. The van der Waals surface area contributed by atoms with Crippen molar-refractivity contribution < 1.29 is 54.1 Å². The molecule has 0 saturated carbocycles. The molecular formula is C42H48BrClF8N2O4. The van der Waals surface area contributed by atoms with Crippen LogP contribution in [0.5, 0.6) is 23.0 Å². The highest BCUT2D eigenvalue weighted by molar-refractivity contribution is 9.09. The third kappa shape index (κ3) is 16.1. The van der Waals surface area contributed by atoms with Gasteiger partial charge in [-0.15, -0.1) is 12.4 Å². The van der Waals surface area contributed by atoms with Crippen LogP contribution in [0.25, 0.3) is 0 Å². The van der Waals surface area contributed by atoms with Crippen molar-refractivity contribution in [2.45, 2.75) is 63.1 Å². The van der Waals surface area contributed by atoms with Crippen LogP contribution in [0.4, 0.5) is 35.1 Å². The second-order valence-electron chi connectivity index (χ2n) is 14.0. The molecule has 0 aliphatic carbocycles. The molecule has 58 heavy (non-hydrogen) atoms. The van der Waals surface area contributed by atoms with Crippen molar-refractivity contribution in [1.29, 1.82) is 0 Å². The summed E-state index contributed by atoms with van der Waals surface area (Å²) in [6.07, 6.45) is -5.34. The molecule has 2 saturated heterocycles. The summed E-state index contributed by atoms with van der Waals surface area (Å²) >= 11 is 3.00. The molecule has 1 N–H and O–H groups in total. The molecule has 6 nitrogen and oxygen atoms in total. The fraction of sp³-hybridized carbons (Fsp3) is 0.429. The smallest absolute Gasteiger partial charge is 0.419 e. The molecule has 0 unspecified atom stereocenters. The maximum atomic E-state index is 13.3. The lowest BCUT2D eigenvalue weighted by Crippen LogP contribution is -2.47. The molecule has 16 heteroatoms. The van der Waals surface area contributed by atoms with Gasteiger partial charge in [0, 0.05) is 37.1 Å². The number of halogens is 10. The summed E-state index contributed by atoms with van der Waals surface area (Å²) in [5.74, 6) is -0.657. The molecule has 0 amide bonds. The first-order chi connectivity index (χ1) is 27.0. The molecule has 320 valence electrons. The summed E-state index contributed by atoms with van der Waals surface area (Å²) in [7, 11) is 0. The van der Waals surface area contributed by atoms with Crippen LogP contribution in [0.2, 0.25) is 0 Å². The quantitative estimate of drug-likeness (QED) is 0.120. The van der Waals surface area contributed by atoms with E-state index in [-0.39, 0.29) is 36.8 Å². The number of alkyl halides is 7. The molecule has 0 spiro atoms. The van der Waals surface area contributed by atoms with E-state index in [0.717, 1.165) is 87.6 Å². The van der Waals surface area contributed by atoms with Gasteiger partial charge >= 0.3 is 12.4 Å². The van der Waals surface area contributed by atoms with E-state index < -0.39 is 46.6 Å². The van der Waals surface area contributed by atoms with Crippen LogP contribution < -0.4 is 24.3 Å². The zero-order valence-corrected chi connectivity index (χ0v) is 34.5. The minimum absolute atomic E-state index is 0. The predicted octanol–water partition coefficient (Wildman–Crippen LogP) is 11.4. The maximum absolute atomic E-state index is 13.3. The second kappa shape index (κ2) is 22.5. The normalized spacial score (nSPS) is 16.3. The van der Waals surface area contributed by atoms with Crippen LogP contribution in [0.1, 0.15) is 50.7 Å². The van der Waals surface area contributed by atoms with Crippen molar-refractivity contribution in [3.8, 4) is 23.0 Å². The summed E-state index contributed by atoms with van der Waals surface area (Å²) in [5.41, 5.74) is -2.18. The number of hydrogen-bond acceptors (Lipinski definition) is 6. The summed E-state index contributed by atoms with van der Waals surface area (Å²) in [6.45, 7) is 8.46. The molecule has 0 aromatic heterocycles. The van der Waals surface area contributed by atoms with E-state index in [0.29, 0.717) is 24.0 Å². The van der Waals surface area contributed by atoms with Crippen LogP contribution in [0.3, 0.4) is 0 Å². The molecule has 0 atom stereocenters. The first-order valence-corrected chi connectivity index (χ1v) is 19.6. The average molecular weight is 912 g/mol. The second-order valence-corrected chi connectivity index (χ2v) is 14.8. The number of para-hydroxylation sites is 2. The van der Waals surface area contributed by atoms with E-state index in [9.17, 15) is 35.1 Å². The number of rotatable bonds is 11. The highest BCUT2D eigenvalue weighted by Gasteiger charge is 2.36. The Morgan fingerprint density at radius 2 is 1.03 bits per heavy atom. The van der Waals surface area contributed by atoms with E-state index in [1.807, 2.05) is 60.7 Å². The molecule has 4 aromatic carbocycles. The van der Waals surface area contributed by atoms with Crippen molar-refractivity contribution in [3.63, 3.8) is 0 Å². The van der Waals surface area contributed by atoms with Gasteiger partial charge in [-0.1, -0.05) is 52.3 Å². The van der Waals surface area contributed by atoms with Gasteiger partial charge in [-0.2, -0.15) is 26.3 Å². The monoisotopic (exact) mass is 910 g/mol. The Hall–Kier alpha value is -3.79. The molecule has 6 rings (SSSR count). The number of hydrogen-bond donors (Lipinski definition) is 1. The molecule has 2 fully saturated rings. The van der Waals surface area contributed by atoms with Gasteiger partial charge in [0.1, 0.15) is 52.4 Å². The predicted molar refractivity (Wildman–Crippen MR) is 214 cm³/mol. The van der Waals surface area contributed by atoms with E-state index in [1.165, 1.54) is 0 Å². The molecule has 0 bridgehead atoms. The first-order valence-electron chi connectivity index (χ1n) is 18.4. The topological polar surface area (TPSA) is 52.2 Å². The van der Waals surface area contributed by atoms with Gasteiger partial charge in [-0.25, -0.2) is 8.78 Å². The molecule has 2 heterocycles. The summed E-state index contributed by atoms with van der Waals surface area (Å²) in [6, 6.07) is 24.1. The number of benzene rings is 4. The molecule has 2 aliphatic rings. The van der Waals surface area contributed by atoms with Crippen LogP contribution in [0.15, 0.2) is 97.1 Å². The third-order valence-corrected chi connectivity index (χ3v) is 9.61. The number of piperidine rings is 2. The van der Waals surface area contributed by atoms with Crippen LogP contribution in [-0.4, -0.2) is 67.4 Å². The minimum atomic E-state index is -4.58. The van der Waals surface area contributed by atoms with E-state index in [2.05, 4.69) is 40.0 Å². The number of nitrogens with one attached hydrogen (secondary N) is 1. The minimum Gasteiger partial charge on any atom is -0.492 e. The Balaban J connectivity index is 0.000000253. The van der Waals surface area contributed by atoms with Crippen molar-refractivity contribution in [2.24, 2.45) is 0 Å². The summed E-state index contributed by atoms with van der Waals surface area (Å²) < 4.78 is 124. The Morgan fingerprint density at radius 1 is 0.621 bits per heavy atom. The summed E-state index contributed by atoms with van der Waals surface area (Å²) in [5, 5.41) is 3.72. The standard InChI is InChI=1S/C21H23F4NO2.C12H17NO.C9H7BrF4O.ClH/c1-20(28-17-5-3-2-4-6-17)9-11-26(12-10-20)13-14-27-19-15-16(22)7-8-18(19)21(23,24)25;1-12(7-9-13-10-8-12)14-11-5-3-2-4-6-11;10-3-4-15-8-5-6(11)1-2-7(8)9(12,13)14;/h2-8,15H,9-14H2,1H3;2-6,13H,7-10H2,1H3;1-2,5H,3-4H2;1H. The lowest BCUT2D eigenvalue weighted by Gasteiger charge is -2.39. The highest BCUT2D eigenvalue weighted by atomic mass is 79.9. The van der Waals surface area contributed by atoms with Gasteiger partial charge in [-0.05, 0) is 101 Å². The van der Waals surface area contributed by atoms with Crippen molar-refractivity contribution in [3.05, 3.63) is 120 Å². The average Bonchev–Trinajstić information content (AvgIpc) is 3.15. The SMILES string of the molecule is CC1(Oc2ccccc2)CCN(CCOc2cc(F)ccc2C(F)(F)F)CC1.CC1(Oc2ccccc2)CCNCC1.Cl.Fc1ccc(C(F)(F)F)c(OCCBr)c1. The van der Waals surface area contributed by atoms with Crippen LogP contribution >= 0.6 is 28.3 Å². The maximum Gasteiger partial charge on any atom is 0.419 e.